The number of ether oxygens (including phenoxy) is 1. The predicted octanol–water partition coefficient (Wildman–Crippen LogP) is 2.67. The number of Topliss-reactive ketones (excluding diaryl/α,β-unsaturated/α-hetero) is 1. The molecule has 1 aliphatic rings. The average Bonchev–Trinajstić information content (AvgIpc) is 3.15. The van der Waals surface area contributed by atoms with Gasteiger partial charge in [-0.05, 0) is 60.2 Å². The number of nitrogens with one attached hydrogen (secondary N) is 1. The molecule has 3 aromatic rings. The number of hydrogen-bond acceptors (Lipinski definition) is 7. The van der Waals surface area contributed by atoms with E-state index < -0.39 is 5.25 Å². The molecule has 0 spiro atoms. The molecule has 1 aromatic heterocycles. The summed E-state index contributed by atoms with van der Waals surface area (Å²) < 4.78 is 6.95. The van der Waals surface area contributed by atoms with Crippen molar-refractivity contribution in [3.63, 3.8) is 0 Å². The fourth-order valence-electron chi connectivity index (χ4n) is 2.86. The van der Waals surface area contributed by atoms with Crippen LogP contribution in [0.3, 0.4) is 0 Å². The summed E-state index contributed by atoms with van der Waals surface area (Å²) in [5, 5.41) is 14.7. The molecule has 2 heterocycles. The molecule has 28 heavy (non-hydrogen) atoms. The quantitative estimate of drug-likeness (QED) is 0.524. The zero-order valence-electron chi connectivity index (χ0n) is 15.2. The number of nitrogens with zero attached hydrogens (tertiary/aromatic N) is 4. The predicted molar refractivity (Wildman–Crippen MR) is 104 cm³/mol. The van der Waals surface area contributed by atoms with Gasteiger partial charge in [0.15, 0.2) is 12.4 Å². The SMILES string of the molecule is Cc1cccc(-n2nnnc2SC(C)C(=O)c2ccc3c(c2)NC(=O)CO3)c1. The Kier molecular flexibility index (Phi) is 4.82. The van der Waals surface area contributed by atoms with Gasteiger partial charge in [0.25, 0.3) is 5.91 Å². The number of benzene rings is 2. The molecule has 2 aromatic carbocycles. The largest absolute Gasteiger partial charge is 0.482 e. The van der Waals surface area contributed by atoms with E-state index in [9.17, 15) is 9.59 Å². The van der Waals surface area contributed by atoms with Crippen LogP contribution < -0.4 is 10.1 Å². The highest BCUT2D eigenvalue weighted by atomic mass is 32.2. The van der Waals surface area contributed by atoms with E-state index in [1.165, 1.54) is 11.8 Å². The van der Waals surface area contributed by atoms with Crippen LogP contribution in [0.4, 0.5) is 5.69 Å². The first-order valence-corrected chi connectivity index (χ1v) is 9.52. The summed E-state index contributed by atoms with van der Waals surface area (Å²) in [5.74, 6) is 0.225. The van der Waals surface area contributed by atoms with Crippen molar-refractivity contribution in [2.75, 3.05) is 11.9 Å². The van der Waals surface area contributed by atoms with Gasteiger partial charge in [0.1, 0.15) is 5.75 Å². The van der Waals surface area contributed by atoms with Crippen LogP contribution in [0.25, 0.3) is 5.69 Å². The highest BCUT2D eigenvalue weighted by molar-refractivity contribution is 8.00. The van der Waals surface area contributed by atoms with E-state index in [-0.39, 0.29) is 18.3 Å². The molecule has 1 N–H and O–H groups in total. The lowest BCUT2D eigenvalue weighted by Crippen LogP contribution is -2.25. The van der Waals surface area contributed by atoms with Gasteiger partial charge in [0, 0.05) is 5.56 Å². The van der Waals surface area contributed by atoms with Crippen LogP contribution in [0.2, 0.25) is 0 Å². The minimum absolute atomic E-state index is 0.0197. The maximum absolute atomic E-state index is 12.9. The van der Waals surface area contributed by atoms with Crippen LogP contribution >= 0.6 is 11.8 Å². The molecule has 1 atom stereocenters. The van der Waals surface area contributed by atoms with Gasteiger partial charge in [0.2, 0.25) is 5.16 Å². The molecule has 0 radical (unpaired) electrons. The van der Waals surface area contributed by atoms with E-state index >= 15 is 0 Å². The van der Waals surface area contributed by atoms with Gasteiger partial charge < -0.3 is 10.1 Å². The van der Waals surface area contributed by atoms with Crippen LogP contribution in [0.15, 0.2) is 47.6 Å². The van der Waals surface area contributed by atoms with E-state index in [4.69, 9.17) is 4.74 Å². The van der Waals surface area contributed by atoms with E-state index in [0.29, 0.717) is 22.2 Å². The highest BCUT2D eigenvalue weighted by Gasteiger charge is 2.23. The number of fused-ring (bicyclic) bond motifs is 1. The Morgan fingerprint density at radius 1 is 1.29 bits per heavy atom. The Morgan fingerprint density at radius 2 is 2.14 bits per heavy atom. The van der Waals surface area contributed by atoms with E-state index in [2.05, 4.69) is 20.8 Å². The number of anilines is 1. The molecule has 4 rings (SSSR count). The van der Waals surface area contributed by atoms with Crippen LogP contribution in [-0.2, 0) is 4.79 Å². The number of aromatic nitrogens is 4. The first kappa shape index (κ1) is 18.2. The number of carbonyl (C=O) groups excluding carboxylic acids is 2. The molecule has 8 nitrogen and oxygen atoms in total. The van der Waals surface area contributed by atoms with Crippen molar-refractivity contribution in [3.8, 4) is 11.4 Å². The van der Waals surface area contributed by atoms with Crippen molar-refractivity contribution in [2.24, 2.45) is 0 Å². The second-order valence-electron chi connectivity index (χ2n) is 6.38. The Bertz CT molecular complexity index is 1070. The molecule has 0 saturated carbocycles. The summed E-state index contributed by atoms with van der Waals surface area (Å²) in [5.41, 5.74) is 2.91. The van der Waals surface area contributed by atoms with Crippen LogP contribution in [-0.4, -0.2) is 43.8 Å². The van der Waals surface area contributed by atoms with E-state index in [1.807, 2.05) is 31.2 Å². The van der Waals surface area contributed by atoms with Gasteiger partial charge in [-0.2, -0.15) is 4.68 Å². The summed E-state index contributed by atoms with van der Waals surface area (Å²) in [6.45, 7) is 3.77. The second-order valence-corrected chi connectivity index (χ2v) is 7.69. The van der Waals surface area contributed by atoms with E-state index in [0.717, 1.165) is 11.3 Å². The molecule has 0 saturated heterocycles. The molecular formula is C19H17N5O3S. The normalized spacial score (nSPS) is 14.0. The Hall–Kier alpha value is -3.20. The molecular weight excluding hydrogens is 378 g/mol. The van der Waals surface area contributed by atoms with Crippen LogP contribution in [0, 0.1) is 6.92 Å². The molecule has 0 bridgehead atoms. The van der Waals surface area contributed by atoms with Crippen LogP contribution in [0.5, 0.6) is 5.75 Å². The summed E-state index contributed by atoms with van der Waals surface area (Å²) in [7, 11) is 0. The van der Waals surface area contributed by atoms with Crippen molar-refractivity contribution < 1.29 is 14.3 Å². The number of amides is 1. The topological polar surface area (TPSA) is 99.0 Å². The fourth-order valence-corrected chi connectivity index (χ4v) is 3.74. The Balaban J connectivity index is 1.54. The van der Waals surface area contributed by atoms with Gasteiger partial charge in [-0.3, -0.25) is 9.59 Å². The van der Waals surface area contributed by atoms with Gasteiger partial charge in [-0.1, -0.05) is 23.9 Å². The van der Waals surface area contributed by atoms with Crippen molar-refractivity contribution in [1.29, 1.82) is 0 Å². The molecule has 1 amide bonds. The second kappa shape index (κ2) is 7.43. The zero-order chi connectivity index (χ0) is 19.7. The van der Waals surface area contributed by atoms with Crippen LogP contribution in [0.1, 0.15) is 22.8 Å². The van der Waals surface area contributed by atoms with Crippen molar-refractivity contribution >= 4 is 29.1 Å². The zero-order valence-corrected chi connectivity index (χ0v) is 16.1. The number of ketones is 1. The molecule has 9 heteroatoms. The summed E-state index contributed by atoms with van der Waals surface area (Å²) >= 11 is 1.28. The first-order valence-electron chi connectivity index (χ1n) is 8.64. The summed E-state index contributed by atoms with van der Waals surface area (Å²) in [6.07, 6.45) is 0. The number of aryl methyl sites for hydroxylation is 1. The number of thioether (sulfide) groups is 1. The van der Waals surface area contributed by atoms with E-state index in [1.54, 1.807) is 29.8 Å². The lowest BCUT2D eigenvalue weighted by Gasteiger charge is -2.19. The number of hydrogen-bond donors (Lipinski definition) is 1. The minimum Gasteiger partial charge on any atom is -0.482 e. The molecule has 1 aliphatic heterocycles. The lowest BCUT2D eigenvalue weighted by atomic mass is 10.1. The Labute approximate surface area is 165 Å². The van der Waals surface area contributed by atoms with Crippen molar-refractivity contribution in [1.82, 2.24) is 20.2 Å². The summed E-state index contributed by atoms with van der Waals surface area (Å²) in [4.78, 5) is 24.4. The highest BCUT2D eigenvalue weighted by Crippen LogP contribution is 2.31. The third-order valence-corrected chi connectivity index (χ3v) is 5.27. The maximum Gasteiger partial charge on any atom is 0.262 e. The number of rotatable bonds is 5. The first-order chi connectivity index (χ1) is 13.5. The lowest BCUT2D eigenvalue weighted by molar-refractivity contribution is -0.118. The summed E-state index contributed by atoms with van der Waals surface area (Å²) in [6, 6.07) is 12.8. The van der Waals surface area contributed by atoms with Gasteiger partial charge in [-0.25, -0.2) is 0 Å². The number of tetrazole rings is 1. The molecule has 0 fully saturated rings. The van der Waals surface area contributed by atoms with Gasteiger partial charge >= 0.3 is 0 Å². The average molecular weight is 395 g/mol. The molecule has 0 aliphatic carbocycles. The van der Waals surface area contributed by atoms with Crippen molar-refractivity contribution in [3.05, 3.63) is 53.6 Å². The van der Waals surface area contributed by atoms with Gasteiger partial charge in [0.05, 0.1) is 16.6 Å². The molecule has 142 valence electrons. The third-order valence-electron chi connectivity index (χ3n) is 4.24. The molecule has 1 unspecified atom stereocenters. The maximum atomic E-state index is 12.9. The standard InChI is InChI=1S/C19H17N5O3S/c1-11-4-3-5-14(8-11)24-19(21-22-23-24)28-12(2)18(26)13-6-7-16-15(9-13)20-17(25)10-27-16/h3-9,12H,10H2,1-2H3,(H,20,25). The number of carbonyl (C=O) groups is 2. The van der Waals surface area contributed by atoms with Gasteiger partial charge in [-0.15, -0.1) is 5.10 Å². The Morgan fingerprint density at radius 3 is 2.96 bits per heavy atom. The minimum atomic E-state index is -0.423. The van der Waals surface area contributed by atoms with Crippen molar-refractivity contribution in [2.45, 2.75) is 24.3 Å². The fraction of sp³-hybridized carbons (Fsp3) is 0.211. The third kappa shape index (κ3) is 3.61. The smallest absolute Gasteiger partial charge is 0.262 e. The monoisotopic (exact) mass is 395 g/mol.